The molecule has 1 N–H and O–H groups in total. The van der Waals surface area contributed by atoms with Crippen LogP contribution in [0.25, 0.3) is 0 Å². The Kier molecular flexibility index (Phi) is 5.53. The molecule has 13 heavy (non-hydrogen) atoms. The van der Waals surface area contributed by atoms with E-state index >= 15 is 0 Å². The van der Waals surface area contributed by atoms with Gasteiger partial charge in [0, 0.05) is 25.2 Å². The monoisotopic (exact) mass is 188 g/mol. The van der Waals surface area contributed by atoms with Gasteiger partial charge in [0.15, 0.2) is 0 Å². The van der Waals surface area contributed by atoms with Crippen molar-refractivity contribution in [3.05, 3.63) is 0 Å². The third-order valence-corrected chi connectivity index (χ3v) is 1.96. The van der Waals surface area contributed by atoms with Crippen molar-refractivity contribution in [1.82, 2.24) is 10.2 Å². The SMILES string of the molecule is COCC(CNC(C)(C)C)N(C)C. The number of nitrogens with one attached hydrogen (secondary N) is 1. The Hall–Kier alpha value is -0.120. The van der Waals surface area contributed by atoms with Gasteiger partial charge in [-0.05, 0) is 34.9 Å². The highest BCUT2D eigenvalue weighted by Gasteiger charge is 2.15. The molecule has 0 bridgehead atoms. The minimum atomic E-state index is 0.183. The third kappa shape index (κ3) is 6.99. The van der Waals surface area contributed by atoms with Crippen LogP contribution in [0.15, 0.2) is 0 Å². The first-order chi connectivity index (χ1) is 5.87. The lowest BCUT2D eigenvalue weighted by molar-refractivity contribution is 0.115. The fourth-order valence-corrected chi connectivity index (χ4v) is 1.01. The molecular weight excluding hydrogens is 164 g/mol. The van der Waals surface area contributed by atoms with Crippen LogP contribution in [0.1, 0.15) is 20.8 Å². The minimum Gasteiger partial charge on any atom is -0.383 e. The molecule has 0 heterocycles. The fourth-order valence-electron chi connectivity index (χ4n) is 1.01. The van der Waals surface area contributed by atoms with E-state index < -0.39 is 0 Å². The smallest absolute Gasteiger partial charge is 0.0630 e. The number of hydrogen-bond donors (Lipinski definition) is 1. The van der Waals surface area contributed by atoms with E-state index in [2.05, 4.69) is 45.1 Å². The average molecular weight is 188 g/mol. The van der Waals surface area contributed by atoms with Crippen LogP contribution in [0, 0.1) is 0 Å². The number of methoxy groups -OCH3 is 1. The second-order valence-corrected chi connectivity index (χ2v) is 4.70. The fraction of sp³-hybridized carbons (Fsp3) is 1.00. The minimum absolute atomic E-state index is 0.183. The van der Waals surface area contributed by atoms with Crippen molar-refractivity contribution in [2.45, 2.75) is 32.4 Å². The molecular formula is C10H24N2O. The number of nitrogens with zero attached hydrogens (tertiary/aromatic N) is 1. The van der Waals surface area contributed by atoms with E-state index in [9.17, 15) is 0 Å². The summed E-state index contributed by atoms with van der Waals surface area (Å²) in [4.78, 5) is 2.18. The van der Waals surface area contributed by atoms with Crippen LogP contribution < -0.4 is 5.32 Å². The summed E-state index contributed by atoms with van der Waals surface area (Å²) in [6, 6.07) is 0.448. The number of rotatable bonds is 5. The maximum absolute atomic E-state index is 5.15. The first-order valence-corrected chi connectivity index (χ1v) is 4.77. The number of hydrogen-bond acceptors (Lipinski definition) is 3. The van der Waals surface area contributed by atoms with E-state index in [4.69, 9.17) is 4.74 Å². The van der Waals surface area contributed by atoms with E-state index in [1.54, 1.807) is 7.11 Å². The molecule has 1 unspecified atom stereocenters. The molecule has 0 radical (unpaired) electrons. The lowest BCUT2D eigenvalue weighted by atomic mass is 10.1. The molecule has 80 valence electrons. The average Bonchev–Trinajstić information content (AvgIpc) is 1.95. The van der Waals surface area contributed by atoms with Gasteiger partial charge in [0.25, 0.3) is 0 Å². The van der Waals surface area contributed by atoms with Crippen LogP contribution in [0.4, 0.5) is 0 Å². The first-order valence-electron chi connectivity index (χ1n) is 4.77. The van der Waals surface area contributed by atoms with Crippen molar-refractivity contribution >= 4 is 0 Å². The summed E-state index contributed by atoms with van der Waals surface area (Å²) >= 11 is 0. The topological polar surface area (TPSA) is 24.5 Å². The highest BCUT2D eigenvalue weighted by atomic mass is 16.5. The zero-order valence-electron chi connectivity index (χ0n) is 9.85. The van der Waals surface area contributed by atoms with Crippen LogP contribution >= 0.6 is 0 Å². The molecule has 0 aromatic carbocycles. The summed E-state index contributed by atoms with van der Waals surface area (Å²) in [6.45, 7) is 8.26. The van der Waals surface area contributed by atoms with Crippen molar-refractivity contribution < 1.29 is 4.74 Å². The highest BCUT2D eigenvalue weighted by molar-refractivity contribution is 4.76. The van der Waals surface area contributed by atoms with E-state index in [1.807, 2.05) is 0 Å². The number of ether oxygens (including phenoxy) is 1. The Labute approximate surface area is 82.4 Å². The molecule has 1 atom stereocenters. The van der Waals surface area contributed by atoms with Crippen molar-refractivity contribution in [2.24, 2.45) is 0 Å². The summed E-state index contributed by atoms with van der Waals surface area (Å²) in [5.74, 6) is 0. The highest BCUT2D eigenvalue weighted by Crippen LogP contribution is 2.00. The zero-order chi connectivity index (χ0) is 10.5. The Morgan fingerprint density at radius 3 is 2.15 bits per heavy atom. The van der Waals surface area contributed by atoms with Gasteiger partial charge in [-0.2, -0.15) is 0 Å². The molecule has 3 heteroatoms. The molecule has 0 fully saturated rings. The predicted octanol–water partition coefficient (Wildman–Crippen LogP) is 0.951. The van der Waals surface area contributed by atoms with E-state index in [-0.39, 0.29) is 5.54 Å². The van der Waals surface area contributed by atoms with Gasteiger partial charge in [0.1, 0.15) is 0 Å². The van der Waals surface area contributed by atoms with Gasteiger partial charge in [-0.3, -0.25) is 0 Å². The molecule has 3 nitrogen and oxygen atoms in total. The molecule has 0 saturated heterocycles. The lowest BCUT2D eigenvalue weighted by Crippen LogP contribution is -2.47. The molecule has 0 spiro atoms. The van der Waals surface area contributed by atoms with Crippen molar-refractivity contribution in [1.29, 1.82) is 0 Å². The Balaban J connectivity index is 3.82. The van der Waals surface area contributed by atoms with Crippen LogP contribution in [0.5, 0.6) is 0 Å². The number of likely N-dealkylation sites (N-methyl/N-ethyl adjacent to an activating group) is 1. The molecule has 0 aromatic heterocycles. The summed E-state index contributed by atoms with van der Waals surface area (Å²) in [5.41, 5.74) is 0.183. The lowest BCUT2D eigenvalue weighted by Gasteiger charge is -2.28. The van der Waals surface area contributed by atoms with E-state index in [0.29, 0.717) is 6.04 Å². The molecule has 0 saturated carbocycles. The van der Waals surface area contributed by atoms with Crippen LogP contribution in [-0.4, -0.2) is 50.8 Å². The largest absolute Gasteiger partial charge is 0.383 e. The molecule has 0 amide bonds. The zero-order valence-corrected chi connectivity index (χ0v) is 9.85. The van der Waals surface area contributed by atoms with Crippen LogP contribution in [0.2, 0.25) is 0 Å². The molecule has 0 aromatic rings. The standard InChI is InChI=1S/C10H24N2O/c1-10(2,3)11-7-9(8-13-6)12(4)5/h9,11H,7-8H2,1-6H3. The normalized spacial score (nSPS) is 15.0. The maximum Gasteiger partial charge on any atom is 0.0630 e. The molecule has 0 aliphatic heterocycles. The van der Waals surface area contributed by atoms with Crippen molar-refractivity contribution in [3.8, 4) is 0 Å². The maximum atomic E-state index is 5.15. The van der Waals surface area contributed by atoms with E-state index in [1.165, 1.54) is 0 Å². The van der Waals surface area contributed by atoms with Gasteiger partial charge >= 0.3 is 0 Å². The summed E-state index contributed by atoms with van der Waals surface area (Å²) in [6.07, 6.45) is 0. The van der Waals surface area contributed by atoms with Crippen molar-refractivity contribution in [2.75, 3.05) is 34.4 Å². The summed E-state index contributed by atoms with van der Waals surface area (Å²) < 4.78 is 5.15. The second-order valence-electron chi connectivity index (χ2n) is 4.70. The predicted molar refractivity (Wildman–Crippen MR) is 57.1 cm³/mol. The molecule has 0 aliphatic rings. The van der Waals surface area contributed by atoms with Gasteiger partial charge in [-0.15, -0.1) is 0 Å². The van der Waals surface area contributed by atoms with Crippen molar-refractivity contribution in [3.63, 3.8) is 0 Å². The second kappa shape index (κ2) is 5.58. The van der Waals surface area contributed by atoms with Crippen LogP contribution in [-0.2, 0) is 4.74 Å². The Morgan fingerprint density at radius 2 is 1.85 bits per heavy atom. The molecule has 0 rings (SSSR count). The van der Waals surface area contributed by atoms with E-state index in [0.717, 1.165) is 13.2 Å². The third-order valence-electron chi connectivity index (χ3n) is 1.96. The first kappa shape index (κ1) is 12.9. The van der Waals surface area contributed by atoms with Gasteiger partial charge in [0.05, 0.1) is 6.61 Å². The van der Waals surface area contributed by atoms with Gasteiger partial charge in [0.2, 0.25) is 0 Å². The van der Waals surface area contributed by atoms with Gasteiger partial charge < -0.3 is 15.0 Å². The summed E-state index contributed by atoms with van der Waals surface area (Å²) in [5, 5.41) is 3.47. The van der Waals surface area contributed by atoms with Crippen LogP contribution in [0.3, 0.4) is 0 Å². The Bertz CT molecular complexity index is 129. The quantitative estimate of drug-likeness (QED) is 0.695. The Morgan fingerprint density at radius 1 is 1.31 bits per heavy atom. The molecule has 0 aliphatic carbocycles. The van der Waals surface area contributed by atoms with Gasteiger partial charge in [-0.1, -0.05) is 0 Å². The van der Waals surface area contributed by atoms with Gasteiger partial charge in [-0.25, -0.2) is 0 Å². The summed E-state index contributed by atoms with van der Waals surface area (Å²) in [7, 11) is 5.90.